The maximum atomic E-state index is 4.86. The first kappa shape index (κ1) is 13.9. The summed E-state index contributed by atoms with van der Waals surface area (Å²) in [6, 6.07) is 8.37. The number of benzene rings is 1. The predicted octanol–water partition coefficient (Wildman–Crippen LogP) is 3.35. The summed E-state index contributed by atoms with van der Waals surface area (Å²) in [5.74, 6) is 1.42. The van der Waals surface area contributed by atoms with Gasteiger partial charge in [-0.1, -0.05) is 12.1 Å². The monoisotopic (exact) mass is 336 g/mol. The number of hydrogen-bond donors (Lipinski definition) is 1. The Labute approximate surface area is 142 Å². The third-order valence-electron chi connectivity index (χ3n) is 4.61. The van der Waals surface area contributed by atoms with Gasteiger partial charge in [-0.3, -0.25) is 5.10 Å². The van der Waals surface area contributed by atoms with E-state index in [1.165, 1.54) is 16.1 Å². The number of fused-ring (bicyclic) bond motifs is 2. The number of anilines is 1. The fourth-order valence-electron chi connectivity index (χ4n) is 3.44. The quantitative estimate of drug-likeness (QED) is 0.608. The fraction of sp³-hybridized carbons (Fsp3) is 0.294. The highest BCUT2D eigenvalue weighted by Gasteiger charge is 2.26. The summed E-state index contributed by atoms with van der Waals surface area (Å²) in [5, 5.41) is 9.24. The van der Waals surface area contributed by atoms with Crippen LogP contribution in [-0.2, 0) is 0 Å². The Kier molecular flexibility index (Phi) is 3.19. The van der Waals surface area contributed by atoms with E-state index >= 15 is 0 Å². The topological polar surface area (TPSA) is 70.6 Å². The van der Waals surface area contributed by atoms with E-state index in [1.54, 1.807) is 6.33 Å². The Morgan fingerprint density at radius 3 is 3.12 bits per heavy atom. The van der Waals surface area contributed by atoms with Crippen molar-refractivity contribution in [2.45, 2.75) is 18.8 Å². The number of H-pyrrole nitrogens is 1. The zero-order chi connectivity index (χ0) is 15.9. The summed E-state index contributed by atoms with van der Waals surface area (Å²) in [6.45, 7) is 1.95. The molecule has 1 aliphatic rings. The fourth-order valence-corrected chi connectivity index (χ4v) is 4.53. The van der Waals surface area contributed by atoms with Gasteiger partial charge in [0.2, 0.25) is 0 Å². The molecule has 0 radical (unpaired) electrons. The van der Waals surface area contributed by atoms with E-state index in [0.29, 0.717) is 5.92 Å². The van der Waals surface area contributed by atoms with Gasteiger partial charge in [-0.2, -0.15) is 5.10 Å². The van der Waals surface area contributed by atoms with Crippen LogP contribution < -0.4 is 4.90 Å². The molecule has 0 amide bonds. The zero-order valence-corrected chi connectivity index (χ0v) is 13.8. The molecule has 1 aliphatic heterocycles. The second-order valence-corrected chi connectivity index (χ2v) is 7.20. The van der Waals surface area contributed by atoms with Gasteiger partial charge >= 0.3 is 0 Å². The van der Waals surface area contributed by atoms with E-state index in [0.717, 1.165) is 41.9 Å². The lowest BCUT2D eigenvalue weighted by molar-refractivity contribution is 0.507. The van der Waals surface area contributed by atoms with Crippen LogP contribution >= 0.6 is 11.3 Å². The molecular weight excluding hydrogens is 320 g/mol. The highest BCUT2D eigenvalue weighted by Crippen LogP contribution is 2.35. The van der Waals surface area contributed by atoms with Crippen LogP contribution in [0.3, 0.4) is 0 Å². The maximum Gasteiger partial charge on any atom is 0.160 e. The van der Waals surface area contributed by atoms with Crippen LogP contribution in [0, 0.1) is 0 Å². The summed E-state index contributed by atoms with van der Waals surface area (Å²) in [6.07, 6.45) is 5.74. The van der Waals surface area contributed by atoms with Gasteiger partial charge in [0.05, 0.1) is 26.8 Å². The molecule has 3 aromatic heterocycles. The van der Waals surface area contributed by atoms with Gasteiger partial charge < -0.3 is 4.90 Å². The van der Waals surface area contributed by atoms with E-state index in [9.17, 15) is 0 Å². The van der Waals surface area contributed by atoms with Crippen LogP contribution in [0.5, 0.6) is 0 Å². The zero-order valence-electron chi connectivity index (χ0n) is 13.0. The van der Waals surface area contributed by atoms with Gasteiger partial charge in [0.1, 0.15) is 12.1 Å². The summed E-state index contributed by atoms with van der Waals surface area (Å²) in [5.41, 5.74) is 1.90. The molecule has 0 aliphatic carbocycles. The normalized spacial score (nSPS) is 18.5. The summed E-state index contributed by atoms with van der Waals surface area (Å²) in [7, 11) is 0. The molecule has 24 heavy (non-hydrogen) atoms. The SMILES string of the molecule is c1ccc2sc(C3CCCN(c4ncnc5[nH]ncc45)C3)nc2c1. The molecule has 6 nitrogen and oxygen atoms in total. The average molecular weight is 336 g/mol. The highest BCUT2D eigenvalue weighted by molar-refractivity contribution is 7.18. The minimum Gasteiger partial charge on any atom is -0.355 e. The van der Waals surface area contributed by atoms with Gasteiger partial charge in [-0.25, -0.2) is 15.0 Å². The molecule has 0 saturated carbocycles. The molecule has 1 N–H and O–H groups in total. The van der Waals surface area contributed by atoms with Gasteiger partial charge in [0.25, 0.3) is 0 Å². The molecule has 4 heterocycles. The molecule has 120 valence electrons. The number of para-hydroxylation sites is 1. The summed E-state index contributed by atoms with van der Waals surface area (Å²) >= 11 is 1.82. The minimum absolute atomic E-state index is 0.452. The Morgan fingerprint density at radius 2 is 2.17 bits per heavy atom. The van der Waals surface area contributed by atoms with Crippen LogP contribution in [0.4, 0.5) is 5.82 Å². The largest absolute Gasteiger partial charge is 0.355 e. The molecule has 1 aromatic carbocycles. The highest BCUT2D eigenvalue weighted by atomic mass is 32.1. The number of nitrogens with zero attached hydrogens (tertiary/aromatic N) is 5. The number of rotatable bonds is 2. The summed E-state index contributed by atoms with van der Waals surface area (Å²) < 4.78 is 1.27. The van der Waals surface area contributed by atoms with Gasteiger partial charge in [0, 0.05) is 19.0 Å². The molecule has 7 heteroatoms. The van der Waals surface area contributed by atoms with Crippen molar-refractivity contribution >= 4 is 38.4 Å². The maximum absolute atomic E-state index is 4.86. The molecule has 1 unspecified atom stereocenters. The van der Waals surface area contributed by atoms with Crippen molar-refractivity contribution < 1.29 is 0 Å². The van der Waals surface area contributed by atoms with Crippen molar-refractivity contribution in [3.8, 4) is 0 Å². The van der Waals surface area contributed by atoms with E-state index < -0.39 is 0 Å². The van der Waals surface area contributed by atoms with E-state index in [-0.39, 0.29) is 0 Å². The van der Waals surface area contributed by atoms with Crippen molar-refractivity contribution in [2.75, 3.05) is 18.0 Å². The lowest BCUT2D eigenvalue weighted by atomic mass is 9.98. The van der Waals surface area contributed by atoms with Crippen molar-refractivity contribution in [1.29, 1.82) is 0 Å². The molecule has 0 spiro atoms. The van der Waals surface area contributed by atoms with Crippen LogP contribution in [0.2, 0.25) is 0 Å². The first-order chi connectivity index (χ1) is 11.9. The smallest absolute Gasteiger partial charge is 0.160 e. The lowest BCUT2D eigenvalue weighted by Crippen LogP contribution is -2.35. The molecule has 1 fully saturated rings. The van der Waals surface area contributed by atoms with Gasteiger partial charge in [-0.05, 0) is 25.0 Å². The molecule has 5 rings (SSSR count). The van der Waals surface area contributed by atoms with Crippen LogP contribution in [0.15, 0.2) is 36.8 Å². The number of aromatic amines is 1. The molecule has 1 atom stereocenters. The number of nitrogens with one attached hydrogen (secondary N) is 1. The van der Waals surface area contributed by atoms with E-state index in [2.05, 4.69) is 49.3 Å². The van der Waals surface area contributed by atoms with E-state index in [4.69, 9.17) is 4.98 Å². The lowest BCUT2D eigenvalue weighted by Gasteiger charge is -2.32. The Morgan fingerprint density at radius 1 is 1.21 bits per heavy atom. The Balaban J connectivity index is 1.48. The number of thiazole rings is 1. The predicted molar refractivity (Wildman–Crippen MR) is 95.5 cm³/mol. The second-order valence-electron chi connectivity index (χ2n) is 6.13. The van der Waals surface area contributed by atoms with Crippen LogP contribution in [0.25, 0.3) is 21.3 Å². The second kappa shape index (κ2) is 5.52. The molecule has 0 bridgehead atoms. The Hall–Kier alpha value is -2.54. The minimum atomic E-state index is 0.452. The first-order valence-electron chi connectivity index (χ1n) is 8.13. The molecular formula is C17H16N6S. The van der Waals surface area contributed by atoms with Crippen molar-refractivity contribution in [1.82, 2.24) is 25.1 Å². The van der Waals surface area contributed by atoms with Crippen LogP contribution in [0.1, 0.15) is 23.8 Å². The van der Waals surface area contributed by atoms with Crippen molar-refractivity contribution in [3.05, 3.63) is 41.8 Å². The third-order valence-corrected chi connectivity index (χ3v) is 5.81. The number of aromatic nitrogens is 5. The molecule has 4 aromatic rings. The number of piperidine rings is 1. The standard InChI is InChI=1S/C17H16N6S/c1-2-6-14-13(5-1)21-17(24-14)11-4-3-7-23(9-11)16-12-8-20-22-15(12)18-10-19-16/h1-2,5-6,8,10-11H,3-4,7,9H2,(H,18,19,20,22). The van der Waals surface area contributed by atoms with Gasteiger partial charge in [0.15, 0.2) is 5.65 Å². The number of hydrogen-bond acceptors (Lipinski definition) is 6. The van der Waals surface area contributed by atoms with Crippen LogP contribution in [-0.4, -0.2) is 38.2 Å². The average Bonchev–Trinajstić information content (AvgIpc) is 3.28. The van der Waals surface area contributed by atoms with Crippen molar-refractivity contribution in [2.24, 2.45) is 0 Å². The van der Waals surface area contributed by atoms with E-state index in [1.807, 2.05) is 17.5 Å². The van der Waals surface area contributed by atoms with Gasteiger partial charge in [-0.15, -0.1) is 11.3 Å². The molecule has 1 saturated heterocycles. The Bertz CT molecular complexity index is 973. The summed E-state index contributed by atoms with van der Waals surface area (Å²) in [4.78, 5) is 16.0. The first-order valence-corrected chi connectivity index (χ1v) is 8.94. The third kappa shape index (κ3) is 2.24. The van der Waals surface area contributed by atoms with Crippen molar-refractivity contribution in [3.63, 3.8) is 0 Å².